The Morgan fingerprint density at radius 3 is 3.56 bits per heavy atom. The predicted octanol–water partition coefficient (Wildman–Crippen LogP) is 0.383. The second-order valence-corrected chi connectivity index (χ2v) is 1.99. The first-order chi connectivity index (χ1) is 4.47. The van der Waals surface area contributed by atoms with Crippen molar-refractivity contribution >= 4 is 6.34 Å². The van der Waals surface area contributed by atoms with Crippen molar-refractivity contribution in [3.8, 4) is 0 Å². The molecule has 1 aliphatic heterocycles. The van der Waals surface area contributed by atoms with Gasteiger partial charge in [-0.2, -0.15) is 5.10 Å². The number of aromatic nitrogens is 1. The predicted molar refractivity (Wildman–Crippen MR) is 35.2 cm³/mol. The Morgan fingerprint density at radius 1 is 1.67 bits per heavy atom. The number of hydrogen-bond acceptors (Lipinski definition) is 2. The summed E-state index contributed by atoms with van der Waals surface area (Å²) in [5, 5.41) is 3.88. The standard InChI is InChI=1S/C6H7N3/c1-2-6-4-7-8-5-9(6)3-1/h1-3,5,7H,4H2. The average molecular weight is 121 g/mol. The number of hydrogen-bond donors (Lipinski definition) is 1. The van der Waals surface area contributed by atoms with Gasteiger partial charge in [0.05, 0.1) is 6.54 Å². The fourth-order valence-corrected chi connectivity index (χ4v) is 0.921. The first-order valence-corrected chi connectivity index (χ1v) is 2.88. The first-order valence-electron chi connectivity index (χ1n) is 2.88. The lowest BCUT2D eigenvalue weighted by molar-refractivity contribution is 0.691. The summed E-state index contributed by atoms with van der Waals surface area (Å²) in [4.78, 5) is 0. The summed E-state index contributed by atoms with van der Waals surface area (Å²) in [6.07, 6.45) is 3.75. The molecule has 0 bridgehead atoms. The van der Waals surface area contributed by atoms with Crippen molar-refractivity contribution in [1.29, 1.82) is 0 Å². The van der Waals surface area contributed by atoms with Crippen LogP contribution in [-0.2, 0) is 6.54 Å². The summed E-state index contributed by atoms with van der Waals surface area (Å²) in [6, 6.07) is 4.08. The van der Waals surface area contributed by atoms with Gasteiger partial charge in [-0.1, -0.05) is 0 Å². The molecular weight excluding hydrogens is 114 g/mol. The minimum atomic E-state index is 0.837. The van der Waals surface area contributed by atoms with Crippen LogP contribution < -0.4 is 5.43 Å². The normalized spacial score (nSPS) is 14.7. The van der Waals surface area contributed by atoms with Crippen molar-refractivity contribution in [2.75, 3.05) is 0 Å². The number of rotatable bonds is 0. The summed E-state index contributed by atoms with van der Waals surface area (Å²) in [7, 11) is 0. The summed E-state index contributed by atoms with van der Waals surface area (Å²) in [5.74, 6) is 0. The molecule has 1 aromatic rings. The molecule has 0 unspecified atom stereocenters. The number of hydrazone groups is 1. The molecule has 0 saturated heterocycles. The minimum Gasteiger partial charge on any atom is -0.308 e. The molecule has 1 aliphatic rings. The van der Waals surface area contributed by atoms with E-state index in [9.17, 15) is 0 Å². The highest BCUT2D eigenvalue weighted by molar-refractivity contribution is 5.60. The van der Waals surface area contributed by atoms with Gasteiger partial charge in [0.25, 0.3) is 0 Å². The second kappa shape index (κ2) is 1.62. The molecule has 2 rings (SSSR count). The smallest absolute Gasteiger partial charge is 0.119 e. The Hall–Kier alpha value is -1.25. The van der Waals surface area contributed by atoms with Crippen molar-refractivity contribution in [1.82, 2.24) is 9.99 Å². The van der Waals surface area contributed by atoms with E-state index < -0.39 is 0 Å². The lowest BCUT2D eigenvalue weighted by atomic mass is 10.4. The number of fused-ring (bicyclic) bond motifs is 1. The highest BCUT2D eigenvalue weighted by Crippen LogP contribution is 2.00. The molecular formula is C6H7N3. The van der Waals surface area contributed by atoms with Gasteiger partial charge in [-0.25, -0.2) is 0 Å². The lowest BCUT2D eigenvalue weighted by Crippen LogP contribution is -2.16. The van der Waals surface area contributed by atoms with Crippen molar-refractivity contribution in [2.24, 2.45) is 5.10 Å². The molecule has 0 radical (unpaired) electrons. The fourth-order valence-electron chi connectivity index (χ4n) is 0.921. The molecule has 1 aromatic heterocycles. The van der Waals surface area contributed by atoms with E-state index in [0.717, 1.165) is 6.54 Å². The van der Waals surface area contributed by atoms with Gasteiger partial charge in [-0.15, -0.1) is 0 Å². The van der Waals surface area contributed by atoms with E-state index in [1.807, 2.05) is 16.8 Å². The minimum absolute atomic E-state index is 0.837. The summed E-state index contributed by atoms with van der Waals surface area (Å²) < 4.78 is 2.00. The van der Waals surface area contributed by atoms with Crippen molar-refractivity contribution in [3.63, 3.8) is 0 Å². The van der Waals surface area contributed by atoms with Gasteiger partial charge in [0.15, 0.2) is 0 Å². The lowest BCUT2D eigenvalue weighted by Gasteiger charge is -2.07. The van der Waals surface area contributed by atoms with Gasteiger partial charge < -0.3 is 9.99 Å². The summed E-state index contributed by atoms with van der Waals surface area (Å²) in [6.45, 7) is 0.837. The maximum atomic E-state index is 3.88. The zero-order valence-corrected chi connectivity index (χ0v) is 4.91. The first kappa shape index (κ1) is 4.61. The number of nitrogens with zero attached hydrogens (tertiary/aromatic N) is 2. The topological polar surface area (TPSA) is 29.3 Å². The fraction of sp³-hybridized carbons (Fsp3) is 0.167. The summed E-state index contributed by atoms with van der Waals surface area (Å²) >= 11 is 0. The molecule has 0 aromatic carbocycles. The zero-order chi connectivity index (χ0) is 6.10. The highest BCUT2D eigenvalue weighted by atomic mass is 15.3. The Bertz CT molecular complexity index is 236. The average Bonchev–Trinajstić information content (AvgIpc) is 2.33. The molecule has 9 heavy (non-hydrogen) atoms. The van der Waals surface area contributed by atoms with Crippen LogP contribution in [0.3, 0.4) is 0 Å². The molecule has 0 atom stereocenters. The monoisotopic (exact) mass is 121 g/mol. The molecule has 2 heterocycles. The van der Waals surface area contributed by atoms with Gasteiger partial charge in [0.1, 0.15) is 6.34 Å². The Labute approximate surface area is 53.0 Å². The molecule has 3 nitrogen and oxygen atoms in total. The van der Waals surface area contributed by atoms with Crippen LogP contribution in [0, 0.1) is 0 Å². The van der Waals surface area contributed by atoms with Crippen LogP contribution in [0.25, 0.3) is 0 Å². The van der Waals surface area contributed by atoms with Crippen molar-refractivity contribution in [2.45, 2.75) is 6.54 Å². The third-order valence-electron chi connectivity index (χ3n) is 1.40. The van der Waals surface area contributed by atoms with Crippen LogP contribution in [0.15, 0.2) is 23.4 Å². The Morgan fingerprint density at radius 2 is 2.67 bits per heavy atom. The van der Waals surface area contributed by atoms with Crippen LogP contribution in [0.5, 0.6) is 0 Å². The molecule has 0 aliphatic carbocycles. The van der Waals surface area contributed by atoms with E-state index in [4.69, 9.17) is 0 Å². The van der Waals surface area contributed by atoms with Crippen molar-refractivity contribution in [3.05, 3.63) is 24.0 Å². The second-order valence-electron chi connectivity index (χ2n) is 1.99. The molecule has 0 spiro atoms. The van der Waals surface area contributed by atoms with Gasteiger partial charge in [-0.05, 0) is 12.1 Å². The molecule has 0 fully saturated rings. The van der Waals surface area contributed by atoms with E-state index in [-0.39, 0.29) is 0 Å². The van der Waals surface area contributed by atoms with Gasteiger partial charge in [-0.3, -0.25) is 0 Å². The molecule has 0 saturated carbocycles. The number of nitrogens with one attached hydrogen (secondary N) is 1. The van der Waals surface area contributed by atoms with E-state index in [1.54, 1.807) is 6.34 Å². The quantitative estimate of drug-likeness (QED) is 0.528. The van der Waals surface area contributed by atoms with Crippen LogP contribution in [0.4, 0.5) is 0 Å². The van der Waals surface area contributed by atoms with E-state index in [1.165, 1.54) is 5.69 Å². The maximum Gasteiger partial charge on any atom is 0.119 e. The Kier molecular flexibility index (Phi) is 0.828. The van der Waals surface area contributed by atoms with Crippen LogP contribution in [-0.4, -0.2) is 10.9 Å². The third-order valence-corrected chi connectivity index (χ3v) is 1.40. The largest absolute Gasteiger partial charge is 0.308 e. The third kappa shape index (κ3) is 0.614. The van der Waals surface area contributed by atoms with Crippen molar-refractivity contribution < 1.29 is 0 Å². The van der Waals surface area contributed by atoms with Crippen LogP contribution in [0.1, 0.15) is 5.69 Å². The van der Waals surface area contributed by atoms with E-state index >= 15 is 0 Å². The highest BCUT2D eigenvalue weighted by Gasteiger charge is 1.99. The van der Waals surface area contributed by atoms with Gasteiger partial charge >= 0.3 is 0 Å². The molecule has 3 heteroatoms. The van der Waals surface area contributed by atoms with Gasteiger partial charge in [0, 0.05) is 11.9 Å². The SMILES string of the molecule is C1=NNCc2cccn21. The molecule has 0 amide bonds. The van der Waals surface area contributed by atoms with E-state index in [2.05, 4.69) is 16.6 Å². The van der Waals surface area contributed by atoms with E-state index in [0.29, 0.717) is 0 Å². The maximum absolute atomic E-state index is 3.88. The van der Waals surface area contributed by atoms with Crippen LogP contribution in [0.2, 0.25) is 0 Å². The molecule has 46 valence electrons. The zero-order valence-electron chi connectivity index (χ0n) is 4.91. The Balaban J connectivity index is 2.53. The van der Waals surface area contributed by atoms with Gasteiger partial charge in [0.2, 0.25) is 0 Å². The molecule has 1 N–H and O–H groups in total. The van der Waals surface area contributed by atoms with Crippen LogP contribution >= 0.6 is 0 Å². The summed E-state index contributed by atoms with van der Waals surface area (Å²) in [5.41, 5.74) is 4.13.